The Hall–Kier alpha value is -3.67. The molecule has 1 amide bonds. The van der Waals surface area contributed by atoms with Gasteiger partial charge in [-0.1, -0.05) is 0 Å². The number of amides is 1. The van der Waals surface area contributed by atoms with Crippen molar-refractivity contribution >= 4 is 23.4 Å². The maximum absolute atomic E-state index is 14.7. The van der Waals surface area contributed by atoms with E-state index in [1.807, 2.05) is 23.1 Å². The summed E-state index contributed by atoms with van der Waals surface area (Å²) >= 11 is 0. The van der Waals surface area contributed by atoms with Gasteiger partial charge in [0.2, 0.25) is 11.9 Å². The van der Waals surface area contributed by atoms with Crippen LogP contribution in [0.5, 0.6) is 0 Å². The third-order valence-electron chi connectivity index (χ3n) is 7.72. The van der Waals surface area contributed by atoms with E-state index in [0.29, 0.717) is 56.4 Å². The Morgan fingerprint density at radius 3 is 2.51 bits per heavy atom. The molecule has 2 fully saturated rings. The van der Waals surface area contributed by atoms with E-state index in [2.05, 4.69) is 35.4 Å². The van der Waals surface area contributed by atoms with Gasteiger partial charge in [0, 0.05) is 87.3 Å². The number of carbonyl (C=O) groups is 1. The molecular weight excluding hydrogens is 499 g/mol. The molecule has 3 aromatic rings. The van der Waals surface area contributed by atoms with Gasteiger partial charge in [-0.2, -0.15) is 0 Å². The number of halogens is 1. The van der Waals surface area contributed by atoms with E-state index in [1.165, 1.54) is 6.07 Å². The molecule has 8 heterocycles. The molecule has 11 heteroatoms. The Morgan fingerprint density at radius 1 is 0.949 bits per heavy atom. The lowest BCUT2D eigenvalue weighted by molar-refractivity contribution is -0.122. The first-order chi connectivity index (χ1) is 19.0. The number of anilines is 3. The number of aromatic nitrogens is 3. The van der Waals surface area contributed by atoms with E-state index < -0.39 is 6.10 Å². The molecule has 8 bridgehead atoms. The van der Waals surface area contributed by atoms with Crippen LogP contribution in [0.25, 0.3) is 11.1 Å². The molecule has 2 unspecified atom stereocenters. The number of pyridine rings is 1. The van der Waals surface area contributed by atoms with Gasteiger partial charge in [-0.15, -0.1) is 0 Å². The molecule has 10 nitrogen and oxygen atoms in total. The van der Waals surface area contributed by atoms with Crippen molar-refractivity contribution in [1.29, 1.82) is 0 Å². The van der Waals surface area contributed by atoms with Crippen molar-refractivity contribution in [3.05, 3.63) is 60.3 Å². The van der Waals surface area contributed by atoms with Crippen molar-refractivity contribution < 1.29 is 14.3 Å². The summed E-state index contributed by atoms with van der Waals surface area (Å²) in [5.74, 6) is 0.961. The van der Waals surface area contributed by atoms with E-state index in [4.69, 9.17) is 0 Å². The smallest absolute Gasteiger partial charge is 0.234 e. The molecule has 0 spiro atoms. The third-order valence-corrected chi connectivity index (χ3v) is 7.72. The van der Waals surface area contributed by atoms with Crippen LogP contribution in [0.3, 0.4) is 0 Å². The summed E-state index contributed by atoms with van der Waals surface area (Å²) in [5, 5.41) is 16.7. The van der Waals surface area contributed by atoms with Crippen LogP contribution in [0, 0.1) is 5.82 Å². The second-order valence-electron chi connectivity index (χ2n) is 10.5. The van der Waals surface area contributed by atoms with Gasteiger partial charge in [0.05, 0.1) is 12.6 Å². The molecule has 2 atom stereocenters. The summed E-state index contributed by atoms with van der Waals surface area (Å²) in [6, 6.07) is 8.89. The fourth-order valence-electron chi connectivity index (χ4n) is 5.61. The molecule has 204 valence electrons. The normalized spacial score (nSPS) is 25.6. The Kier molecular flexibility index (Phi) is 7.36. The zero-order chi connectivity index (χ0) is 26.8. The van der Waals surface area contributed by atoms with E-state index >= 15 is 0 Å². The van der Waals surface area contributed by atoms with Gasteiger partial charge in [0.25, 0.3) is 0 Å². The highest BCUT2D eigenvalue weighted by atomic mass is 19.1. The fraction of sp³-hybridized carbons (Fsp3) is 0.429. The largest absolute Gasteiger partial charge is 0.391 e. The van der Waals surface area contributed by atoms with E-state index in [0.717, 1.165) is 43.0 Å². The zero-order valence-corrected chi connectivity index (χ0v) is 21.8. The average Bonchev–Trinajstić information content (AvgIpc) is 3.31. The van der Waals surface area contributed by atoms with Crippen molar-refractivity contribution in [1.82, 2.24) is 30.1 Å². The van der Waals surface area contributed by atoms with Crippen LogP contribution in [0.4, 0.5) is 21.8 Å². The standard InChI is InChI=1S/C28H33FN8O2/c29-25-2-1-22-11-20(25)16-35-7-9-36(10-8-35)18-27(39)31-6-4-23-13-24(38)17-37(23)28-32-14-21(15-33-28)19-3-5-30-26(12-19)34-22/h1-3,5,11-12,14-15,23-24,38H,4,6-10,13,16-18H2,(H,30,34)(H,31,39). The topological polar surface area (TPSA) is 110 Å². The van der Waals surface area contributed by atoms with Crippen molar-refractivity contribution in [2.24, 2.45) is 0 Å². The van der Waals surface area contributed by atoms with Gasteiger partial charge in [-0.05, 0) is 48.7 Å². The summed E-state index contributed by atoms with van der Waals surface area (Å²) in [5.41, 5.74) is 3.12. The minimum Gasteiger partial charge on any atom is -0.391 e. The highest BCUT2D eigenvalue weighted by Gasteiger charge is 2.32. The quantitative estimate of drug-likeness (QED) is 0.401. The van der Waals surface area contributed by atoms with Gasteiger partial charge in [-0.3, -0.25) is 14.6 Å². The molecule has 39 heavy (non-hydrogen) atoms. The zero-order valence-electron chi connectivity index (χ0n) is 21.8. The number of nitrogens with one attached hydrogen (secondary N) is 2. The maximum Gasteiger partial charge on any atom is 0.234 e. The van der Waals surface area contributed by atoms with Crippen LogP contribution >= 0.6 is 0 Å². The number of piperazine rings is 1. The Bertz CT molecular complexity index is 1320. The minimum atomic E-state index is -0.454. The number of aliphatic hydroxyl groups is 1. The summed E-state index contributed by atoms with van der Waals surface area (Å²) in [7, 11) is 0. The first-order valence-corrected chi connectivity index (χ1v) is 13.5. The van der Waals surface area contributed by atoms with Crippen molar-refractivity contribution in [3.63, 3.8) is 0 Å². The number of nitrogens with zero attached hydrogens (tertiary/aromatic N) is 6. The number of hydrogen-bond donors (Lipinski definition) is 3. The lowest BCUT2D eigenvalue weighted by Gasteiger charge is -2.34. The molecule has 6 aliphatic heterocycles. The summed E-state index contributed by atoms with van der Waals surface area (Å²) in [6.07, 6.45) is 6.13. The number of rotatable bonds is 0. The van der Waals surface area contributed by atoms with Gasteiger partial charge >= 0.3 is 0 Å². The van der Waals surface area contributed by atoms with Gasteiger partial charge in [0.15, 0.2) is 0 Å². The van der Waals surface area contributed by atoms with Gasteiger partial charge in [-0.25, -0.2) is 19.3 Å². The lowest BCUT2D eigenvalue weighted by Crippen LogP contribution is -2.49. The highest BCUT2D eigenvalue weighted by molar-refractivity contribution is 5.78. The summed E-state index contributed by atoms with van der Waals surface area (Å²) in [4.78, 5) is 32.7. The van der Waals surface area contributed by atoms with Gasteiger partial charge in [0.1, 0.15) is 11.6 Å². The van der Waals surface area contributed by atoms with Crippen LogP contribution in [0.2, 0.25) is 0 Å². The second kappa shape index (κ2) is 11.2. The van der Waals surface area contributed by atoms with Crippen molar-refractivity contribution in [2.45, 2.75) is 31.5 Å². The number of benzene rings is 1. The Morgan fingerprint density at radius 2 is 1.72 bits per heavy atom. The van der Waals surface area contributed by atoms with E-state index in [-0.39, 0.29) is 17.8 Å². The van der Waals surface area contributed by atoms with Crippen LogP contribution in [-0.4, -0.2) is 93.7 Å². The molecule has 9 rings (SSSR count). The molecule has 6 aliphatic rings. The second-order valence-corrected chi connectivity index (χ2v) is 10.5. The van der Waals surface area contributed by atoms with Crippen LogP contribution in [0.1, 0.15) is 18.4 Å². The third kappa shape index (κ3) is 6.00. The molecule has 3 N–H and O–H groups in total. The SMILES string of the molecule is O=C1CN2CCN(CC2)Cc2cc(ccc2F)Nc2cc(ccn2)-c2cnc(nc2)N2CC(O)CC2CCN1. The highest BCUT2D eigenvalue weighted by Crippen LogP contribution is 2.28. The first kappa shape index (κ1) is 25.6. The predicted molar refractivity (Wildman–Crippen MR) is 146 cm³/mol. The predicted octanol–water partition coefficient (Wildman–Crippen LogP) is 2.00. The first-order valence-electron chi connectivity index (χ1n) is 13.5. The molecule has 2 aromatic heterocycles. The average molecular weight is 533 g/mol. The van der Waals surface area contributed by atoms with Gasteiger partial charge < -0.3 is 20.6 Å². The van der Waals surface area contributed by atoms with Crippen LogP contribution < -0.4 is 15.5 Å². The maximum atomic E-state index is 14.7. The lowest BCUT2D eigenvalue weighted by atomic mass is 10.1. The van der Waals surface area contributed by atoms with E-state index in [1.54, 1.807) is 24.7 Å². The molecule has 1 aromatic carbocycles. The van der Waals surface area contributed by atoms with Crippen LogP contribution in [-0.2, 0) is 11.3 Å². The Labute approximate surface area is 226 Å². The monoisotopic (exact) mass is 532 g/mol. The number of aliphatic hydroxyl groups excluding tert-OH is 1. The summed E-state index contributed by atoms with van der Waals surface area (Å²) < 4.78 is 14.7. The molecule has 0 saturated carbocycles. The summed E-state index contributed by atoms with van der Waals surface area (Å²) in [6.45, 7) is 4.86. The fourth-order valence-corrected chi connectivity index (χ4v) is 5.61. The van der Waals surface area contributed by atoms with Crippen LogP contribution in [0.15, 0.2) is 48.9 Å². The number of carbonyl (C=O) groups excluding carboxylic acids is 1. The molecule has 0 aliphatic carbocycles. The van der Waals surface area contributed by atoms with Crippen molar-refractivity contribution in [2.75, 3.05) is 56.0 Å². The molecular formula is C28H33FN8O2. The Balaban J connectivity index is 1.28. The minimum absolute atomic E-state index is 0.00674. The molecule has 2 saturated heterocycles. The van der Waals surface area contributed by atoms with E-state index in [9.17, 15) is 14.3 Å². The number of hydrogen-bond acceptors (Lipinski definition) is 9. The molecule has 0 radical (unpaired) electrons. The van der Waals surface area contributed by atoms with Crippen molar-refractivity contribution in [3.8, 4) is 11.1 Å².